The molecule has 0 saturated carbocycles. The predicted octanol–water partition coefficient (Wildman–Crippen LogP) is 7.83. The molecule has 174 valence electrons. The summed E-state index contributed by atoms with van der Waals surface area (Å²) in [5, 5.41) is 5.79. The number of carbonyl (C=O) groups excluding carboxylic acids is 1. The molecule has 1 N–H and O–H groups in total. The molecule has 0 atom stereocenters. The lowest BCUT2D eigenvalue weighted by molar-refractivity contribution is -0.111. The summed E-state index contributed by atoms with van der Waals surface area (Å²) in [6.07, 6.45) is 3.21. The largest absolute Gasteiger partial charge is 0.493 e. The van der Waals surface area contributed by atoms with E-state index in [9.17, 15) is 9.18 Å². The smallest absolute Gasteiger partial charge is 0.248 e. The molecule has 4 nitrogen and oxygen atoms in total. The highest BCUT2D eigenvalue weighted by molar-refractivity contribution is 6.07. The molecule has 0 bridgehead atoms. The Labute approximate surface area is 202 Å². The summed E-state index contributed by atoms with van der Waals surface area (Å²) in [5.74, 6) is -0.288. The molecule has 5 aromatic rings. The topological polar surface area (TPSA) is 51.5 Å². The summed E-state index contributed by atoms with van der Waals surface area (Å²) >= 11 is 0. The Morgan fingerprint density at radius 1 is 0.971 bits per heavy atom. The van der Waals surface area contributed by atoms with Gasteiger partial charge in [0.25, 0.3) is 0 Å². The van der Waals surface area contributed by atoms with E-state index in [4.69, 9.17) is 9.15 Å². The summed E-state index contributed by atoms with van der Waals surface area (Å²) in [5.41, 5.74) is 4.32. The Kier molecular flexibility index (Phi) is 6.06. The van der Waals surface area contributed by atoms with Crippen LogP contribution in [0.4, 0.5) is 10.1 Å². The number of anilines is 1. The number of ether oxygens (including phenoxy) is 1. The molecular weight excluding hydrogens is 441 g/mol. The van der Waals surface area contributed by atoms with Gasteiger partial charge in [-0.1, -0.05) is 54.6 Å². The lowest BCUT2D eigenvalue weighted by Crippen LogP contribution is -2.10. The third-order valence-corrected chi connectivity index (χ3v) is 5.96. The van der Waals surface area contributed by atoms with Gasteiger partial charge in [0, 0.05) is 28.7 Å². The van der Waals surface area contributed by atoms with Crippen molar-refractivity contribution in [1.29, 1.82) is 0 Å². The lowest BCUT2D eigenvalue weighted by atomic mass is 9.96. The van der Waals surface area contributed by atoms with Gasteiger partial charge in [-0.15, -0.1) is 0 Å². The molecule has 1 amide bonds. The molecule has 1 aromatic heterocycles. The van der Waals surface area contributed by atoms with E-state index < -0.39 is 11.7 Å². The van der Waals surface area contributed by atoms with Crippen LogP contribution in [0.1, 0.15) is 19.4 Å². The first-order valence-electron chi connectivity index (χ1n) is 11.5. The maximum Gasteiger partial charge on any atom is 0.248 e. The molecule has 0 radical (unpaired) electrons. The minimum absolute atomic E-state index is 0.134. The molecule has 4 aromatic carbocycles. The molecule has 1 heterocycles. The van der Waals surface area contributed by atoms with E-state index in [1.54, 1.807) is 18.4 Å². The Morgan fingerprint density at radius 3 is 2.57 bits per heavy atom. The van der Waals surface area contributed by atoms with Gasteiger partial charge in [0.1, 0.15) is 17.1 Å². The zero-order chi connectivity index (χ0) is 24.4. The van der Waals surface area contributed by atoms with Crippen molar-refractivity contribution in [3.05, 3.63) is 103 Å². The maximum absolute atomic E-state index is 14.0. The van der Waals surface area contributed by atoms with Gasteiger partial charge >= 0.3 is 0 Å². The molecule has 5 heteroatoms. The van der Waals surface area contributed by atoms with Crippen molar-refractivity contribution < 1.29 is 18.3 Å². The van der Waals surface area contributed by atoms with E-state index in [0.29, 0.717) is 23.5 Å². The molecule has 5 rings (SSSR count). The predicted molar refractivity (Wildman–Crippen MR) is 139 cm³/mol. The zero-order valence-electron chi connectivity index (χ0n) is 19.5. The quantitative estimate of drug-likeness (QED) is 0.260. The van der Waals surface area contributed by atoms with Crippen LogP contribution in [0.5, 0.6) is 5.75 Å². The fourth-order valence-corrected chi connectivity index (χ4v) is 4.31. The van der Waals surface area contributed by atoms with Crippen molar-refractivity contribution in [2.45, 2.75) is 13.8 Å². The van der Waals surface area contributed by atoms with E-state index in [1.165, 1.54) is 18.2 Å². The second kappa shape index (κ2) is 9.47. The van der Waals surface area contributed by atoms with Crippen molar-refractivity contribution in [2.75, 3.05) is 11.9 Å². The number of hydrogen-bond donors (Lipinski definition) is 1. The number of furan rings is 1. The van der Waals surface area contributed by atoms with Crippen LogP contribution in [-0.2, 0) is 4.79 Å². The lowest BCUT2D eigenvalue weighted by Gasteiger charge is -2.12. The first-order chi connectivity index (χ1) is 17.0. The van der Waals surface area contributed by atoms with Crippen LogP contribution >= 0.6 is 0 Å². The summed E-state index contributed by atoms with van der Waals surface area (Å²) in [6.45, 7) is 4.20. The van der Waals surface area contributed by atoms with Crippen LogP contribution in [0.2, 0.25) is 0 Å². The highest BCUT2D eigenvalue weighted by atomic mass is 19.1. The van der Waals surface area contributed by atoms with E-state index in [2.05, 4.69) is 29.6 Å². The fraction of sp³-hybridized carbons (Fsp3) is 0.100. The van der Waals surface area contributed by atoms with Gasteiger partial charge in [-0.25, -0.2) is 4.39 Å². The standard InChI is InChI=1S/C30H24FNO3/c1-3-34-28-17-29-24(25(18-35-29)22-12-8-10-20-9-4-5-11-21(20)22)16-23(28)19(2)15-30(33)32-27-14-7-6-13-26(27)31/h4-18H,3H2,1-2H3,(H,32,33)/b19-15+. The van der Waals surface area contributed by atoms with Gasteiger partial charge in [0.2, 0.25) is 5.91 Å². The molecule has 0 unspecified atom stereocenters. The Morgan fingerprint density at radius 2 is 1.74 bits per heavy atom. The average Bonchev–Trinajstić information content (AvgIpc) is 3.27. The van der Waals surface area contributed by atoms with Crippen molar-refractivity contribution in [1.82, 2.24) is 0 Å². The van der Waals surface area contributed by atoms with Crippen LogP contribution in [0.25, 0.3) is 38.4 Å². The Balaban J connectivity index is 1.59. The SMILES string of the molecule is CCOc1cc2occ(-c3cccc4ccccc34)c2cc1/C(C)=C/C(=O)Nc1ccccc1F. The van der Waals surface area contributed by atoms with E-state index in [-0.39, 0.29) is 5.69 Å². The normalized spacial score (nSPS) is 11.7. The van der Waals surface area contributed by atoms with Crippen LogP contribution < -0.4 is 10.1 Å². The third-order valence-electron chi connectivity index (χ3n) is 5.96. The molecule has 0 aliphatic rings. The Bertz CT molecular complexity index is 1580. The van der Waals surface area contributed by atoms with Gasteiger partial charge in [0.15, 0.2) is 0 Å². The van der Waals surface area contributed by atoms with Crippen molar-refractivity contribution >= 4 is 38.9 Å². The number of carbonyl (C=O) groups is 1. The molecule has 0 aliphatic carbocycles. The highest BCUT2D eigenvalue weighted by Crippen LogP contribution is 2.39. The van der Waals surface area contributed by atoms with Crippen LogP contribution in [0, 0.1) is 5.82 Å². The summed E-state index contributed by atoms with van der Waals surface area (Å²) in [6, 6.07) is 24.3. The summed E-state index contributed by atoms with van der Waals surface area (Å²) in [7, 11) is 0. The van der Waals surface area contributed by atoms with Crippen LogP contribution in [-0.4, -0.2) is 12.5 Å². The Hall–Kier alpha value is -4.38. The maximum atomic E-state index is 14.0. The van der Waals surface area contributed by atoms with Gasteiger partial charge in [-0.05, 0) is 54.0 Å². The average molecular weight is 466 g/mol. The molecule has 0 fully saturated rings. The molecule has 0 saturated heterocycles. The number of allylic oxidation sites excluding steroid dienone is 1. The number of amides is 1. The van der Waals surface area contributed by atoms with Gasteiger partial charge in [0.05, 0.1) is 18.6 Å². The minimum Gasteiger partial charge on any atom is -0.493 e. The first-order valence-corrected chi connectivity index (χ1v) is 11.5. The van der Waals surface area contributed by atoms with Crippen LogP contribution in [0.15, 0.2) is 95.6 Å². The van der Waals surface area contributed by atoms with Crippen molar-refractivity contribution in [3.8, 4) is 16.9 Å². The van der Waals surface area contributed by atoms with E-state index in [1.807, 2.05) is 44.2 Å². The number of para-hydroxylation sites is 1. The van der Waals surface area contributed by atoms with Crippen molar-refractivity contribution in [2.24, 2.45) is 0 Å². The monoisotopic (exact) mass is 465 g/mol. The fourth-order valence-electron chi connectivity index (χ4n) is 4.31. The number of hydrogen-bond acceptors (Lipinski definition) is 3. The molecule has 35 heavy (non-hydrogen) atoms. The van der Waals surface area contributed by atoms with Gasteiger partial charge in [-0.2, -0.15) is 0 Å². The first kappa shape index (κ1) is 22.4. The second-order valence-corrected chi connectivity index (χ2v) is 8.25. The number of fused-ring (bicyclic) bond motifs is 2. The number of rotatable bonds is 6. The number of nitrogens with one attached hydrogen (secondary N) is 1. The van der Waals surface area contributed by atoms with Crippen molar-refractivity contribution in [3.63, 3.8) is 0 Å². The highest BCUT2D eigenvalue weighted by Gasteiger charge is 2.17. The van der Waals surface area contributed by atoms with Crippen LogP contribution in [0.3, 0.4) is 0 Å². The number of halogens is 1. The third kappa shape index (κ3) is 4.41. The van der Waals surface area contributed by atoms with E-state index >= 15 is 0 Å². The minimum atomic E-state index is -0.485. The summed E-state index contributed by atoms with van der Waals surface area (Å²) in [4.78, 5) is 12.7. The zero-order valence-corrected chi connectivity index (χ0v) is 19.5. The second-order valence-electron chi connectivity index (χ2n) is 8.25. The van der Waals surface area contributed by atoms with Gasteiger partial charge in [-0.3, -0.25) is 4.79 Å². The summed E-state index contributed by atoms with van der Waals surface area (Å²) < 4.78 is 25.8. The molecule has 0 aliphatic heterocycles. The number of benzene rings is 4. The van der Waals surface area contributed by atoms with E-state index in [0.717, 1.165) is 32.8 Å². The van der Waals surface area contributed by atoms with Gasteiger partial charge < -0.3 is 14.5 Å². The molecule has 0 spiro atoms. The molecular formula is C30H24FNO3.